The first-order valence-corrected chi connectivity index (χ1v) is 9.91. The molecule has 0 heterocycles. The van der Waals surface area contributed by atoms with Crippen molar-refractivity contribution < 1.29 is 29.0 Å². The van der Waals surface area contributed by atoms with Gasteiger partial charge in [-0.2, -0.15) is 0 Å². The Morgan fingerprint density at radius 1 is 1.00 bits per heavy atom. The summed E-state index contributed by atoms with van der Waals surface area (Å²) in [7, 11) is 0. The lowest BCUT2D eigenvalue weighted by atomic mass is 9.85. The smallest absolute Gasteiger partial charge is 0.330 e. The van der Waals surface area contributed by atoms with Gasteiger partial charge in [-0.3, -0.25) is 4.79 Å². The Morgan fingerprint density at radius 3 is 2.10 bits per heavy atom. The summed E-state index contributed by atoms with van der Waals surface area (Å²) in [6.45, 7) is 11.1. The molecule has 0 amide bonds. The van der Waals surface area contributed by atoms with Crippen LogP contribution in [0.15, 0.2) is 18.2 Å². The molecule has 1 aromatic rings. The van der Waals surface area contributed by atoms with Gasteiger partial charge >= 0.3 is 17.9 Å². The highest BCUT2D eigenvalue weighted by Gasteiger charge is 2.26. The van der Waals surface area contributed by atoms with E-state index in [1.807, 2.05) is 20.8 Å². The molecule has 0 bridgehead atoms. The van der Waals surface area contributed by atoms with Gasteiger partial charge in [0, 0.05) is 6.42 Å². The van der Waals surface area contributed by atoms with Crippen molar-refractivity contribution in [2.24, 2.45) is 11.5 Å². The Balaban J connectivity index is 2.61. The van der Waals surface area contributed by atoms with Gasteiger partial charge < -0.3 is 26.0 Å². The quantitative estimate of drug-likeness (QED) is 0.448. The molecule has 0 radical (unpaired) electrons. The zero-order valence-electron chi connectivity index (χ0n) is 18.7. The fourth-order valence-electron chi connectivity index (χ4n) is 2.68. The van der Waals surface area contributed by atoms with E-state index < -0.39 is 35.6 Å². The van der Waals surface area contributed by atoms with Crippen molar-refractivity contribution >= 4 is 17.9 Å². The number of nitrogens with two attached hydrogens (primary N) is 2. The second-order valence-electron chi connectivity index (χ2n) is 9.38. The fourth-order valence-corrected chi connectivity index (χ4v) is 2.68. The van der Waals surface area contributed by atoms with Gasteiger partial charge in [-0.25, -0.2) is 9.59 Å². The van der Waals surface area contributed by atoms with E-state index in [1.54, 1.807) is 39.0 Å². The van der Waals surface area contributed by atoms with Crippen molar-refractivity contribution in [2.45, 2.75) is 83.9 Å². The molecule has 0 saturated carbocycles. The summed E-state index contributed by atoms with van der Waals surface area (Å²) >= 11 is 0. The van der Waals surface area contributed by atoms with E-state index in [4.69, 9.17) is 20.9 Å². The van der Waals surface area contributed by atoms with Crippen LogP contribution in [0.4, 0.5) is 0 Å². The molecule has 0 aliphatic rings. The number of esters is 3. The lowest BCUT2D eigenvalue weighted by Crippen LogP contribution is -2.41. The molecule has 1 rings (SSSR count). The second kappa shape index (κ2) is 10.0. The zero-order chi connectivity index (χ0) is 23.3. The van der Waals surface area contributed by atoms with Crippen molar-refractivity contribution in [3.8, 4) is 5.75 Å². The Bertz CT molecular complexity index is 777. The van der Waals surface area contributed by atoms with Crippen LogP contribution in [0.5, 0.6) is 5.75 Å². The molecular formula is C22H34N2O6. The lowest BCUT2D eigenvalue weighted by Gasteiger charge is -2.22. The topological polar surface area (TPSA) is 142 Å². The third-order valence-corrected chi connectivity index (χ3v) is 4.21. The summed E-state index contributed by atoms with van der Waals surface area (Å²) in [5.41, 5.74) is 12.1. The van der Waals surface area contributed by atoms with Gasteiger partial charge in [-0.15, -0.1) is 0 Å². The predicted molar refractivity (Wildman–Crippen MR) is 113 cm³/mol. The molecule has 2 atom stereocenters. The highest BCUT2D eigenvalue weighted by Crippen LogP contribution is 2.31. The van der Waals surface area contributed by atoms with Crippen molar-refractivity contribution in [2.75, 3.05) is 0 Å². The Hall–Kier alpha value is -2.45. The van der Waals surface area contributed by atoms with Crippen molar-refractivity contribution in [3.05, 3.63) is 29.3 Å². The van der Waals surface area contributed by atoms with E-state index >= 15 is 0 Å². The van der Waals surface area contributed by atoms with Gasteiger partial charge in [-0.1, -0.05) is 32.9 Å². The summed E-state index contributed by atoms with van der Waals surface area (Å²) in [4.78, 5) is 35.9. The number of ether oxygens (including phenoxy) is 2. The van der Waals surface area contributed by atoms with Crippen LogP contribution < -0.4 is 11.5 Å². The lowest BCUT2D eigenvalue weighted by molar-refractivity contribution is -0.161. The third kappa shape index (κ3) is 8.51. The maximum atomic E-state index is 12.2. The van der Waals surface area contributed by atoms with Gasteiger partial charge in [0.25, 0.3) is 0 Å². The van der Waals surface area contributed by atoms with Crippen LogP contribution in [0.25, 0.3) is 0 Å². The predicted octanol–water partition coefficient (Wildman–Crippen LogP) is 2.08. The van der Waals surface area contributed by atoms with Crippen LogP contribution in [-0.2, 0) is 35.7 Å². The first kappa shape index (κ1) is 25.6. The van der Waals surface area contributed by atoms with Gasteiger partial charge in [0.1, 0.15) is 23.4 Å². The van der Waals surface area contributed by atoms with E-state index in [0.717, 1.165) is 11.1 Å². The first-order valence-electron chi connectivity index (χ1n) is 9.91. The number of hydrogen-bond acceptors (Lipinski definition) is 8. The van der Waals surface area contributed by atoms with E-state index in [-0.39, 0.29) is 30.4 Å². The molecule has 0 fully saturated rings. The maximum absolute atomic E-state index is 12.2. The van der Waals surface area contributed by atoms with Crippen LogP contribution >= 0.6 is 0 Å². The Kier molecular flexibility index (Phi) is 8.56. The van der Waals surface area contributed by atoms with Crippen LogP contribution in [0, 0.1) is 0 Å². The molecule has 0 aliphatic carbocycles. The minimum absolute atomic E-state index is 0.0107. The monoisotopic (exact) mass is 422 g/mol. The molecule has 30 heavy (non-hydrogen) atoms. The minimum atomic E-state index is -1.14. The number of aromatic hydroxyl groups is 1. The summed E-state index contributed by atoms with van der Waals surface area (Å²) in [6.07, 6.45) is 0.0443. The molecule has 8 nitrogen and oxygen atoms in total. The number of rotatable bonds is 7. The van der Waals surface area contributed by atoms with E-state index in [2.05, 4.69) is 0 Å². The van der Waals surface area contributed by atoms with E-state index in [1.165, 1.54) is 0 Å². The summed E-state index contributed by atoms with van der Waals surface area (Å²) < 4.78 is 9.92. The molecular weight excluding hydrogens is 388 g/mol. The average molecular weight is 423 g/mol. The molecule has 0 aromatic heterocycles. The summed E-state index contributed by atoms with van der Waals surface area (Å²) in [6, 6.07) is 2.76. The van der Waals surface area contributed by atoms with Crippen LogP contribution in [0.1, 0.15) is 65.5 Å². The Morgan fingerprint density at radius 2 is 1.57 bits per heavy atom. The second-order valence-corrected chi connectivity index (χ2v) is 9.38. The van der Waals surface area contributed by atoms with Gasteiger partial charge in [0.15, 0.2) is 0 Å². The van der Waals surface area contributed by atoms with Crippen LogP contribution in [0.3, 0.4) is 0 Å². The molecule has 0 saturated heterocycles. The number of hydrogen-bond donors (Lipinski definition) is 3. The molecule has 0 spiro atoms. The van der Waals surface area contributed by atoms with Gasteiger partial charge in [-0.05, 0) is 56.2 Å². The normalized spacial score (nSPS) is 14.0. The Labute approximate surface area is 177 Å². The molecule has 8 heteroatoms. The average Bonchev–Trinajstić information content (AvgIpc) is 2.58. The number of phenolic OH excluding ortho intramolecular Hbond substituents is 1. The largest absolute Gasteiger partial charge is 0.508 e. The van der Waals surface area contributed by atoms with Crippen molar-refractivity contribution in [3.63, 3.8) is 0 Å². The van der Waals surface area contributed by atoms with Gasteiger partial charge in [0.2, 0.25) is 0 Å². The number of carbonyl (C=O) groups excluding carboxylic acids is 3. The molecule has 0 aliphatic heterocycles. The molecule has 0 unspecified atom stereocenters. The maximum Gasteiger partial charge on any atom is 0.330 e. The zero-order valence-corrected chi connectivity index (χ0v) is 18.7. The molecule has 1 aromatic carbocycles. The number of benzene rings is 1. The van der Waals surface area contributed by atoms with E-state index in [0.29, 0.717) is 0 Å². The third-order valence-electron chi connectivity index (χ3n) is 4.21. The van der Waals surface area contributed by atoms with Gasteiger partial charge in [0.05, 0.1) is 0 Å². The van der Waals surface area contributed by atoms with Crippen molar-refractivity contribution in [1.82, 2.24) is 0 Å². The van der Waals surface area contributed by atoms with Crippen LogP contribution in [-0.4, -0.2) is 40.7 Å². The number of carbonyl (C=O) groups is 3. The standard InChI is InChI=1S/C22H34N2O6/c1-21(2,3)14-11-13(7-9-17(14)25)12-16(24)20(28)29-19(27)15(23)8-10-18(26)30-22(4,5)6/h7,9,11,15-16,25H,8,10,12,23-24H2,1-6H3/t15-,16-/m0/s1. The molecule has 168 valence electrons. The summed E-state index contributed by atoms with van der Waals surface area (Å²) in [5.74, 6) is -2.18. The van der Waals surface area contributed by atoms with Crippen LogP contribution in [0.2, 0.25) is 0 Å². The summed E-state index contributed by atoms with van der Waals surface area (Å²) in [5, 5.41) is 10.0. The molecule has 5 N–H and O–H groups in total. The highest BCUT2D eigenvalue weighted by molar-refractivity contribution is 5.91. The number of phenols is 1. The first-order chi connectivity index (χ1) is 13.6. The van der Waals surface area contributed by atoms with E-state index in [9.17, 15) is 19.5 Å². The SMILES string of the molecule is CC(C)(C)OC(=O)CC[C@H](N)C(=O)OC(=O)[C@@H](N)Cc1ccc(O)c(C(C)(C)C)c1. The fraction of sp³-hybridized carbons (Fsp3) is 0.591. The van der Waals surface area contributed by atoms with Crippen molar-refractivity contribution in [1.29, 1.82) is 0 Å². The highest BCUT2D eigenvalue weighted by atomic mass is 16.6. The minimum Gasteiger partial charge on any atom is -0.508 e.